The monoisotopic (exact) mass is 284 g/mol. The number of esters is 1. The number of ether oxygens (including phenoxy) is 1. The topological polar surface area (TPSA) is 44.1 Å². The first kappa shape index (κ1) is 15.0. The van der Waals surface area contributed by atoms with Gasteiger partial charge in [0.15, 0.2) is 0 Å². The Morgan fingerprint density at radius 1 is 1.29 bits per heavy atom. The van der Waals surface area contributed by atoms with Crippen LogP contribution in [-0.4, -0.2) is 15.7 Å². The zero-order chi connectivity index (χ0) is 15.4. The van der Waals surface area contributed by atoms with E-state index in [0.717, 1.165) is 22.5 Å². The molecule has 4 heteroatoms. The highest BCUT2D eigenvalue weighted by Gasteiger charge is 2.10. The first-order chi connectivity index (χ1) is 9.99. The maximum atomic E-state index is 11.9. The molecule has 1 atom stereocenters. The lowest BCUT2D eigenvalue weighted by Gasteiger charge is -2.11. The summed E-state index contributed by atoms with van der Waals surface area (Å²) >= 11 is 0. The number of hydrogen-bond acceptors (Lipinski definition) is 3. The first-order valence-corrected chi connectivity index (χ1v) is 6.93. The average Bonchev–Trinajstić information content (AvgIpc) is 2.71. The van der Waals surface area contributed by atoms with Gasteiger partial charge in [-0.1, -0.05) is 30.3 Å². The van der Waals surface area contributed by atoms with E-state index in [2.05, 4.69) is 5.10 Å². The first-order valence-electron chi connectivity index (χ1n) is 6.93. The molecule has 0 bridgehead atoms. The molecule has 0 fully saturated rings. The number of hydrogen-bond donors (Lipinski definition) is 0. The Balaban J connectivity index is 2.03. The van der Waals surface area contributed by atoms with Gasteiger partial charge in [0, 0.05) is 24.4 Å². The van der Waals surface area contributed by atoms with Crippen molar-refractivity contribution in [1.82, 2.24) is 9.78 Å². The quantitative estimate of drug-likeness (QED) is 0.639. The van der Waals surface area contributed by atoms with Gasteiger partial charge in [0.2, 0.25) is 0 Å². The van der Waals surface area contributed by atoms with Crippen molar-refractivity contribution in [1.29, 1.82) is 0 Å². The summed E-state index contributed by atoms with van der Waals surface area (Å²) < 4.78 is 7.19. The van der Waals surface area contributed by atoms with Crippen molar-refractivity contribution in [2.75, 3.05) is 0 Å². The molecule has 0 aliphatic rings. The summed E-state index contributed by atoms with van der Waals surface area (Å²) in [6, 6.07) is 9.68. The normalized spacial score (nSPS) is 12.6. The molecule has 1 heterocycles. The second-order valence-corrected chi connectivity index (χ2v) is 5.03. The fraction of sp³-hybridized carbons (Fsp3) is 0.294. The zero-order valence-electron chi connectivity index (χ0n) is 12.8. The molecule has 0 unspecified atom stereocenters. The van der Waals surface area contributed by atoms with Crippen molar-refractivity contribution < 1.29 is 9.53 Å². The number of benzene rings is 1. The molecule has 2 aromatic rings. The van der Waals surface area contributed by atoms with E-state index in [1.165, 1.54) is 6.08 Å². The Morgan fingerprint density at radius 3 is 2.52 bits per heavy atom. The van der Waals surface area contributed by atoms with Crippen LogP contribution < -0.4 is 0 Å². The molecule has 1 aromatic carbocycles. The van der Waals surface area contributed by atoms with Crippen LogP contribution in [-0.2, 0) is 16.6 Å². The number of carbonyl (C=O) groups is 1. The highest BCUT2D eigenvalue weighted by Crippen LogP contribution is 2.17. The Labute approximate surface area is 125 Å². The third-order valence-electron chi connectivity index (χ3n) is 3.51. The molecule has 0 saturated heterocycles. The molecule has 1 aromatic heterocycles. The van der Waals surface area contributed by atoms with Crippen molar-refractivity contribution in [2.24, 2.45) is 7.05 Å². The van der Waals surface area contributed by atoms with Crippen LogP contribution in [0.5, 0.6) is 0 Å². The molecule has 110 valence electrons. The highest BCUT2D eigenvalue weighted by atomic mass is 16.5. The van der Waals surface area contributed by atoms with E-state index in [0.29, 0.717) is 0 Å². The highest BCUT2D eigenvalue weighted by molar-refractivity contribution is 5.87. The zero-order valence-corrected chi connectivity index (χ0v) is 12.8. The van der Waals surface area contributed by atoms with Gasteiger partial charge >= 0.3 is 5.97 Å². The predicted molar refractivity (Wildman–Crippen MR) is 82.7 cm³/mol. The molecule has 0 aliphatic heterocycles. The third-order valence-corrected chi connectivity index (χ3v) is 3.51. The molecule has 4 nitrogen and oxygen atoms in total. The molecule has 0 spiro atoms. The summed E-state index contributed by atoms with van der Waals surface area (Å²) in [5.74, 6) is -0.353. The SMILES string of the molecule is Cc1nn(C)c(C)c1/C=C/C(=O)O[C@H](C)c1ccccc1. The Bertz CT molecular complexity index is 657. The molecule has 0 aliphatic carbocycles. The maximum absolute atomic E-state index is 11.9. The van der Waals surface area contributed by atoms with Crippen molar-refractivity contribution in [2.45, 2.75) is 26.9 Å². The molecule has 0 N–H and O–H groups in total. The number of aromatic nitrogens is 2. The van der Waals surface area contributed by atoms with Gasteiger partial charge in [-0.2, -0.15) is 5.10 Å². The molecule has 0 amide bonds. The minimum Gasteiger partial charge on any atom is -0.455 e. The van der Waals surface area contributed by atoms with Crippen molar-refractivity contribution in [3.05, 3.63) is 58.9 Å². The van der Waals surface area contributed by atoms with Gasteiger partial charge in [0.25, 0.3) is 0 Å². The van der Waals surface area contributed by atoms with Gasteiger partial charge in [-0.05, 0) is 32.4 Å². The van der Waals surface area contributed by atoms with Crippen molar-refractivity contribution >= 4 is 12.0 Å². The molecular weight excluding hydrogens is 264 g/mol. The van der Waals surface area contributed by atoms with Gasteiger partial charge in [-0.25, -0.2) is 4.79 Å². The minimum absolute atomic E-state index is 0.264. The van der Waals surface area contributed by atoms with E-state index in [4.69, 9.17) is 4.74 Å². The van der Waals surface area contributed by atoms with E-state index in [9.17, 15) is 4.79 Å². The van der Waals surface area contributed by atoms with Crippen molar-refractivity contribution in [3.8, 4) is 0 Å². The summed E-state index contributed by atoms with van der Waals surface area (Å²) in [5.41, 5.74) is 3.86. The summed E-state index contributed by atoms with van der Waals surface area (Å²) in [4.78, 5) is 11.9. The van der Waals surface area contributed by atoms with Crippen LogP contribution in [0.4, 0.5) is 0 Å². The second-order valence-electron chi connectivity index (χ2n) is 5.03. The lowest BCUT2D eigenvalue weighted by molar-refractivity contribution is -0.142. The van der Waals surface area contributed by atoms with E-state index < -0.39 is 0 Å². The molecule has 0 radical (unpaired) electrons. The smallest absolute Gasteiger partial charge is 0.331 e. The van der Waals surface area contributed by atoms with Crippen LogP contribution in [0.25, 0.3) is 6.08 Å². The fourth-order valence-corrected chi connectivity index (χ4v) is 2.19. The van der Waals surface area contributed by atoms with E-state index in [1.54, 1.807) is 10.8 Å². The number of rotatable bonds is 4. The Morgan fingerprint density at radius 2 is 1.95 bits per heavy atom. The summed E-state index contributed by atoms with van der Waals surface area (Å²) in [5, 5.41) is 4.31. The van der Waals surface area contributed by atoms with E-state index >= 15 is 0 Å². The number of nitrogens with zero attached hydrogens (tertiary/aromatic N) is 2. The van der Waals surface area contributed by atoms with Crippen molar-refractivity contribution in [3.63, 3.8) is 0 Å². The maximum Gasteiger partial charge on any atom is 0.331 e. The Hall–Kier alpha value is -2.36. The molecule has 2 rings (SSSR count). The van der Waals surface area contributed by atoms with Gasteiger partial charge in [-0.3, -0.25) is 4.68 Å². The summed E-state index contributed by atoms with van der Waals surface area (Å²) in [6.45, 7) is 5.75. The van der Waals surface area contributed by atoms with Crippen LogP contribution in [0, 0.1) is 13.8 Å². The van der Waals surface area contributed by atoms with Crippen LogP contribution in [0.15, 0.2) is 36.4 Å². The molecule has 21 heavy (non-hydrogen) atoms. The lowest BCUT2D eigenvalue weighted by Crippen LogP contribution is -2.05. The standard InChI is InChI=1S/C17H20N2O2/c1-12-16(13(2)19(4)18-12)10-11-17(20)21-14(3)15-8-6-5-7-9-15/h5-11,14H,1-4H3/b11-10+/t14-/m1/s1. The predicted octanol–water partition coefficient (Wildman–Crippen LogP) is 3.35. The second kappa shape index (κ2) is 6.39. The Kier molecular flexibility index (Phi) is 4.58. The van der Waals surface area contributed by atoms with Crippen LogP contribution in [0.2, 0.25) is 0 Å². The number of aryl methyl sites for hydroxylation is 2. The van der Waals surface area contributed by atoms with Crippen LogP contribution in [0.1, 0.15) is 35.5 Å². The molecule has 0 saturated carbocycles. The summed E-state index contributed by atoms with van der Waals surface area (Å²) in [6.07, 6.45) is 2.95. The minimum atomic E-state index is -0.353. The fourth-order valence-electron chi connectivity index (χ4n) is 2.19. The van der Waals surface area contributed by atoms with Gasteiger partial charge < -0.3 is 4.74 Å². The van der Waals surface area contributed by atoms with Gasteiger partial charge in [0.1, 0.15) is 6.10 Å². The van der Waals surface area contributed by atoms with E-state index in [1.807, 2.05) is 58.2 Å². The third kappa shape index (κ3) is 3.60. The summed E-state index contributed by atoms with van der Waals surface area (Å²) in [7, 11) is 1.88. The largest absolute Gasteiger partial charge is 0.455 e. The van der Waals surface area contributed by atoms with Gasteiger partial charge in [0.05, 0.1) is 5.69 Å². The van der Waals surface area contributed by atoms with Crippen LogP contribution >= 0.6 is 0 Å². The van der Waals surface area contributed by atoms with Gasteiger partial charge in [-0.15, -0.1) is 0 Å². The molecular formula is C17H20N2O2. The van der Waals surface area contributed by atoms with E-state index in [-0.39, 0.29) is 12.1 Å². The van der Waals surface area contributed by atoms with Crippen LogP contribution in [0.3, 0.4) is 0 Å². The lowest BCUT2D eigenvalue weighted by atomic mass is 10.1. The number of carbonyl (C=O) groups excluding carboxylic acids is 1. The average molecular weight is 284 g/mol.